The van der Waals surface area contributed by atoms with Gasteiger partial charge in [0.25, 0.3) is 5.91 Å². The van der Waals surface area contributed by atoms with E-state index in [1.54, 1.807) is 30.3 Å². The van der Waals surface area contributed by atoms with E-state index in [9.17, 15) is 4.79 Å². The van der Waals surface area contributed by atoms with Crippen molar-refractivity contribution < 1.29 is 23.4 Å². The van der Waals surface area contributed by atoms with Gasteiger partial charge >= 0.3 is 0 Å². The Balaban J connectivity index is 1.39. The van der Waals surface area contributed by atoms with Crippen molar-refractivity contribution >= 4 is 11.6 Å². The van der Waals surface area contributed by atoms with Crippen LogP contribution in [0.1, 0.15) is 27.4 Å². The summed E-state index contributed by atoms with van der Waals surface area (Å²) in [4.78, 5) is 12.4. The molecule has 0 saturated carbocycles. The fourth-order valence-corrected chi connectivity index (χ4v) is 2.75. The molecule has 6 nitrogen and oxygen atoms in total. The van der Waals surface area contributed by atoms with Crippen molar-refractivity contribution in [1.82, 2.24) is 0 Å². The van der Waals surface area contributed by atoms with Crippen molar-refractivity contribution in [3.8, 4) is 17.2 Å². The molecule has 3 aromatic rings. The van der Waals surface area contributed by atoms with Gasteiger partial charge in [-0.25, -0.2) is 0 Å². The summed E-state index contributed by atoms with van der Waals surface area (Å²) in [6.45, 7) is 4.35. The van der Waals surface area contributed by atoms with Gasteiger partial charge in [-0.3, -0.25) is 4.79 Å². The molecule has 4 rings (SSSR count). The number of hydrogen-bond donors (Lipinski definition) is 1. The average Bonchev–Trinajstić information content (AvgIpc) is 3.31. The molecule has 0 saturated heterocycles. The fourth-order valence-electron chi connectivity index (χ4n) is 2.75. The van der Waals surface area contributed by atoms with Gasteiger partial charge < -0.3 is 23.9 Å². The van der Waals surface area contributed by atoms with Gasteiger partial charge in [-0.1, -0.05) is 12.1 Å². The van der Waals surface area contributed by atoms with Crippen LogP contribution in [-0.2, 0) is 6.61 Å². The molecule has 2 aromatic carbocycles. The molecule has 1 aromatic heterocycles. The minimum Gasteiger partial charge on any atom is -0.486 e. The molecule has 0 unspecified atom stereocenters. The number of hydrogen-bond acceptors (Lipinski definition) is 5. The average molecular weight is 365 g/mol. The van der Waals surface area contributed by atoms with E-state index in [2.05, 4.69) is 5.32 Å². The number of benzene rings is 2. The maximum Gasteiger partial charge on any atom is 0.291 e. The molecule has 1 amide bonds. The van der Waals surface area contributed by atoms with Gasteiger partial charge in [0.15, 0.2) is 17.3 Å². The molecular weight excluding hydrogens is 346 g/mol. The highest BCUT2D eigenvalue weighted by molar-refractivity contribution is 6.02. The zero-order valence-electron chi connectivity index (χ0n) is 15.1. The fraction of sp³-hybridized carbons (Fsp3) is 0.190. The molecule has 0 spiro atoms. The first-order valence-electron chi connectivity index (χ1n) is 8.58. The van der Waals surface area contributed by atoms with E-state index in [1.807, 2.05) is 32.0 Å². The Morgan fingerprint density at radius 2 is 1.89 bits per heavy atom. The van der Waals surface area contributed by atoms with E-state index in [1.165, 1.54) is 0 Å². The van der Waals surface area contributed by atoms with Crippen molar-refractivity contribution in [2.45, 2.75) is 20.5 Å². The van der Waals surface area contributed by atoms with Crippen LogP contribution in [0.15, 0.2) is 52.9 Å². The van der Waals surface area contributed by atoms with Crippen molar-refractivity contribution in [3.63, 3.8) is 0 Å². The number of anilines is 1. The largest absolute Gasteiger partial charge is 0.486 e. The van der Waals surface area contributed by atoms with Crippen LogP contribution < -0.4 is 19.5 Å². The lowest BCUT2D eigenvalue weighted by molar-refractivity contribution is 0.0992. The molecular formula is C21H19NO5. The lowest BCUT2D eigenvalue weighted by Gasteiger charge is -2.08. The van der Waals surface area contributed by atoms with Gasteiger partial charge in [0.05, 0.1) is 0 Å². The Labute approximate surface area is 156 Å². The molecule has 2 heterocycles. The van der Waals surface area contributed by atoms with Crippen LogP contribution in [0, 0.1) is 13.8 Å². The number of amides is 1. The Bertz CT molecular complexity index is 992. The molecule has 27 heavy (non-hydrogen) atoms. The highest BCUT2D eigenvalue weighted by atomic mass is 16.7. The minimum atomic E-state index is -0.293. The maximum atomic E-state index is 12.4. The van der Waals surface area contributed by atoms with E-state index in [-0.39, 0.29) is 25.1 Å². The number of furan rings is 1. The second kappa shape index (κ2) is 7.07. The normalized spacial score (nSPS) is 12.1. The van der Waals surface area contributed by atoms with E-state index in [0.717, 1.165) is 16.8 Å². The lowest BCUT2D eigenvalue weighted by Crippen LogP contribution is -2.12. The number of carbonyl (C=O) groups is 1. The molecule has 138 valence electrons. The van der Waals surface area contributed by atoms with E-state index >= 15 is 0 Å². The minimum absolute atomic E-state index is 0.205. The van der Waals surface area contributed by atoms with Crippen LogP contribution in [0.4, 0.5) is 5.69 Å². The van der Waals surface area contributed by atoms with E-state index < -0.39 is 0 Å². The number of nitrogens with one attached hydrogen (secondary N) is 1. The quantitative estimate of drug-likeness (QED) is 0.723. The van der Waals surface area contributed by atoms with Crippen LogP contribution in [-0.4, -0.2) is 12.7 Å². The van der Waals surface area contributed by atoms with Gasteiger partial charge in [0.2, 0.25) is 6.79 Å². The first kappa shape index (κ1) is 17.0. The van der Waals surface area contributed by atoms with Gasteiger partial charge in [-0.2, -0.15) is 0 Å². The molecule has 1 N–H and O–H groups in total. The number of ether oxygens (including phenoxy) is 3. The smallest absolute Gasteiger partial charge is 0.291 e. The molecule has 0 atom stereocenters. The predicted octanol–water partition coefficient (Wildman–Crippen LogP) is 4.46. The zero-order chi connectivity index (χ0) is 18.8. The Hall–Kier alpha value is -3.41. The second-order valence-electron chi connectivity index (χ2n) is 6.34. The summed E-state index contributed by atoms with van der Waals surface area (Å²) in [7, 11) is 0. The number of rotatable bonds is 5. The van der Waals surface area contributed by atoms with Crippen LogP contribution >= 0.6 is 0 Å². The monoisotopic (exact) mass is 365 g/mol. The van der Waals surface area contributed by atoms with Crippen LogP contribution in [0.5, 0.6) is 17.2 Å². The van der Waals surface area contributed by atoms with Crippen LogP contribution in [0.3, 0.4) is 0 Å². The first-order chi connectivity index (χ1) is 13.1. The molecule has 0 fully saturated rings. The molecule has 0 radical (unpaired) electrons. The first-order valence-corrected chi connectivity index (χ1v) is 8.58. The molecule has 6 heteroatoms. The topological polar surface area (TPSA) is 69.9 Å². The van der Waals surface area contributed by atoms with Crippen molar-refractivity contribution in [3.05, 3.63) is 71.2 Å². The predicted molar refractivity (Wildman–Crippen MR) is 99.5 cm³/mol. The van der Waals surface area contributed by atoms with Gasteiger partial charge in [0, 0.05) is 11.8 Å². The van der Waals surface area contributed by atoms with Crippen LogP contribution in [0.25, 0.3) is 0 Å². The van der Waals surface area contributed by atoms with Gasteiger partial charge in [-0.05, 0) is 55.3 Å². The third kappa shape index (κ3) is 3.74. The van der Waals surface area contributed by atoms with Gasteiger partial charge in [0.1, 0.15) is 18.1 Å². The van der Waals surface area contributed by atoms with Crippen molar-refractivity contribution in [2.75, 3.05) is 12.1 Å². The summed E-state index contributed by atoms with van der Waals surface area (Å²) in [6, 6.07) is 14.6. The second-order valence-corrected chi connectivity index (χ2v) is 6.34. The van der Waals surface area contributed by atoms with Gasteiger partial charge in [-0.15, -0.1) is 0 Å². The molecule has 0 aliphatic carbocycles. The highest BCUT2D eigenvalue weighted by Crippen LogP contribution is 2.35. The SMILES string of the molecule is Cc1ccc(C)c(NC(=O)c2ccc(COc3ccc4c(c3)OCO4)o2)c1. The Kier molecular flexibility index (Phi) is 4.46. The summed E-state index contributed by atoms with van der Waals surface area (Å²) in [5.74, 6) is 2.49. The van der Waals surface area contributed by atoms with E-state index in [4.69, 9.17) is 18.6 Å². The third-order valence-electron chi connectivity index (χ3n) is 4.25. The lowest BCUT2D eigenvalue weighted by atomic mass is 10.1. The van der Waals surface area contributed by atoms with E-state index in [0.29, 0.717) is 23.0 Å². The van der Waals surface area contributed by atoms with Crippen LogP contribution in [0.2, 0.25) is 0 Å². The summed E-state index contributed by atoms with van der Waals surface area (Å²) in [5.41, 5.74) is 2.84. The maximum absolute atomic E-state index is 12.4. The third-order valence-corrected chi connectivity index (χ3v) is 4.25. The summed E-state index contributed by atoms with van der Waals surface area (Å²) in [5, 5.41) is 2.88. The summed E-state index contributed by atoms with van der Waals surface area (Å²) >= 11 is 0. The number of fused-ring (bicyclic) bond motifs is 1. The Morgan fingerprint density at radius 3 is 2.78 bits per heavy atom. The Morgan fingerprint density at radius 1 is 1.04 bits per heavy atom. The molecule has 1 aliphatic heterocycles. The zero-order valence-corrected chi connectivity index (χ0v) is 15.1. The summed E-state index contributed by atoms with van der Waals surface area (Å²) < 4.78 is 21.9. The number of aryl methyl sites for hydroxylation is 2. The number of carbonyl (C=O) groups excluding carboxylic acids is 1. The highest BCUT2D eigenvalue weighted by Gasteiger charge is 2.15. The molecule has 0 bridgehead atoms. The van der Waals surface area contributed by atoms with Crippen molar-refractivity contribution in [1.29, 1.82) is 0 Å². The summed E-state index contributed by atoms with van der Waals surface area (Å²) in [6.07, 6.45) is 0. The standard InChI is InChI=1S/C21H19NO5/c1-13-3-4-14(2)17(9-13)22-21(23)19-8-6-16(27-19)11-24-15-5-7-18-20(10-15)26-12-25-18/h3-10H,11-12H2,1-2H3,(H,22,23). The molecule has 1 aliphatic rings. The van der Waals surface area contributed by atoms with Crippen molar-refractivity contribution in [2.24, 2.45) is 0 Å².